The molecule has 8 heteroatoms. The molecule has 0 saturated heterocycles. The molecule has 0 fully saturated rings. The minimum absolute atomic E-state index is 0.0409. The molecule has 1 unspecified atom stereocenters. The molecule has 2 rings (SSSR count). The van der Waals surface area contributed by atoms with Gasteiger partial charge in [-0.3, -0.25) is 4.79 Å². The monoisotopic (exact) mass is 483 g/mol. The molecule has 0 aliphatic heterocycles. The molecule has 0 heterocycles. The smallest absolute Gasteiger partial charge is 0.408 e. The van der Waals surface area contributed by atoms with Gasteiger partial charge in [-0.05, 0) is 37.8 Å². The number of ether oxygens (including phenoxy) is 2. The van der Waals surface area contributed by atoms with Gasteiger partial charge in [0.05, 0.1) is 6.04 Å². The average Bonchev–Trinajstić information content (AvgIpc) is 2.79. The van der Waals surface area contributed by atoms with Crippen molar-refractivity contribution in [3.8, 4) is 0 Å². The summed E-state index contributed by atoms with van der Waals surface area (Å²) in [5.41, 5.74) is 1.11. The third-order valence-corrected chi connectivity index (χ3v) is 5.11. The Bertz CT molecular complexity index is 942. The van der Waals surface area contributed by atoms with Gasteiger partial charge in [-0.2, -0.15) is 0 Å². The lowest BCUT2D eigenvalue weighted by Crippen LogP contribution is -2.53. The van der Waals surface area contributed by atoms with E-state index in [0.29, 0.717) is 6.42 Å². The van der Waals surface area contributed by atoms with Crippen LogP contribution < -0.4 is 16.0 Å². The summed E-state index contributed by atoms with van der Waals surface area (Å²) in [6, 6.07) is 17.5. The van der Waals surface area contributed by atoms with E-state index in [4.69, 9.17) is 9.47 Å². The van der Waals surface area contributed by atoms with E-state index in [2.05, 4.69) is 16.0 Å². The fraction of sp³-hybridized carbons (Fsp3) is 0.444. The Balaban J connectivity index is 2.00. The Morgan fingerprint density at radius 2 is 1.40 bits per heavy atom. The number of carbonyl (C=O) groups excluding carboxylic acids is 3. The topological polar surface area (TPSA) is 106 Å². The summed E-state index contributed by atoms with van der Waals surface area (Å²) in [6.07, 6.45) is -0.940. The summed E-state index contributed by atoms with van der Waals surface area (Å²) in [5.74, 6) is -0.332. The van der Waals surface area contributed by atoms with Crippen LogP contribution in [-0.4, -0.2) is 42.3 Å². The van der Waals surface area contributed by atoms with Crippen molar-refractivity contribution in [3.63, 3.8) is 0 Å². The van der Waals surface area contributed by atoms with Crippen molar-refractivity contribution in [3.05, 3.63) is 71.8 Å². The first kappa shape index (κ1) is 27.7. The highest BCUT2D eigenvalue weighted by Crippen LogP contribution is 2.09. The molecule has 0 aliphatic carbocycles. The van der Waals surface area contributed by atoms with Crippen LogP contribution in [0.2, 0.25) is 0 Å². The number of alkyl carbamates (subject to hydrolysis) is 2. The molecule has 0 aromatic heterocycles. The Morgan fingerprint density at radius 1 is 0.829 bits per heavy atom. The average molecular weight is 484 g/mol. The van der Waals surface area contributed by atoms with Crippen LogP contribution in [0.4, 0.5) is 9.59 Å². The van der Waals surface area contributed by atoms with Gasteiger partial charge in [-0.25, -0.2) is 9.59 Å². The maximum absolute atomic E-state index is 13.1. The summed E-state index contributed by atoms with van der Waals surface area (Å²) in [5, 5.41) is 8.34. The second-order valence-electron chi connectivity index (χ2n) is 9.69. The van der Waals surface area contributed by atoms with Crippen molar-refractivity contribution >= 4 is 18.1 Å². The molecule has 190 valence electrons. The highest BCUT2D eigenvalue weighted by atomic mass is 16.6. The Hall–Kier alpha value is -3.55. The maximum Gasteiger partial charge on any atom is 0.408 e. The molecular formula is C27H37N3O5. The van der Waals surface area contributed by atoms with Crippen molar-refractivity contribution in [2.24, 2.45) is 5.92 Å². The van der Waals surface area contributed by atoms with Gasteiger partial charge in [0.25, 0.3) is 0 Å². The van der Waals surface area contributed by atoms with Crippen LogP contribution in [0.25, 0.3) is 0 Å². The van der Waals surface area contributed by atoms with Gasteiger partial charge >= 0.3 is 12.2 Å². The number of hydrogen-bond acceptors (Lipinski definition) is 5. The first-order valence-corrected chi connectivity index (χ1v) is 11.8. The minimum atomic E-state index is -0.852. The summed E-state index contributed by atoms with van der Waals surface area (Å²) >= 11 is 0. The van der Waals surface area contributed by atoms with E-state index in [0.717, 1.165) is 11.1 Å². The molecule has 0 radical (unpaired) electrons. The zero-order valence-corrected chi connectivity index (χ0v) is 21.2. The summed E-state index contributed by atoms with van der Waals surface area (Å²) in [7, 11) is 0. The molecule has 3 N–H and O–H groups in total. The summed E-state index contributed by atoms with van der Waals surface area (Å²) in [6.45, 7) is 9.52. The van der Waals surface area contributed by atoms with E-state index in [-0.39, 0.29) is 31.0 Å². The normalized spacial score (nSPS) is 12.9. The molecule has 0 bridgehead atoms. The van der Waals surface area contributed by atoms with Crippen LogP contribution in [0, 0.1) is 5.92 Å². The molecule has 2 aromatic rings. The van der Waals surface area contributed by atoms with Gasteiger partial charge in [0.1, 0.15) is 18.2 Å². The molecule has 0 saturated carbocycles. The minimum Gasteiger partial charge on any atom is -0.445 e. The number of hydrogen-bond donors (Lipinski definition) is 3. The van der Waals surface area contributed by atoms with E-state index in [1.54, 1.807) is 20.8 Å². The van der Waals surface area contributed by atoms with Crippen LogP contribution >= 0.6 is 0 Å². The van der Waals surface area contributed by atoms with Gasteiger partial charge in [0.15, 0.2) is 0 Å². The Labute approximate surface area is 207 Å². The predicted molar refractivity (Wildman–Crippen MR) is 135 cm³/mol. The molecule has 8 nitrogen and oxygen atoms in total. The van der Waals surface area contributed by atoms with Crippen LogP contribution in [0.3, 0.4) is 0 Å². The summed E-state index contributed by atoms with van der Waals surface area (Å²) in [4.78, 5) is 37.7. The number of nitrogens with one attached hydrogen (secondary N) is 3. The third kappa shape index (κ3) is 10.9. The molecule has 0 aliphatic rings. The van der Waals surface area contributed by atoms with Gasteiger partial charge in [0, 0.05) is 13.0 Å². The standard InChI is InChI=1S/C27H37N3O5/c1-19(2)23(30-26(33)35-27(3,4)5)17-28-24(31)22(16-20-12-8-6-9-13-20)29-25(32)34-18-21-14-10-7-11-15-21/h6-15,19,22-23H,16-18H2,1-5H3,(H,28,31)(H,29,32)(H,30,33)/t22-,23?/m0/s1. The highest BCUT2D eigenvalue weighted by Gasteiger charge is 2.25. The SMILES string of the molecule is CC(C)C(CNC(=O)[C@H](Cc1ccccc1)NC(=O)OCc1ccccc1)NC(=O)OC(C)(C)C. The van der Waals surface area contributed by atoms with Gasteiger partial charge in [-0.1, -0.05) is 74.5 Å². The lowest BCUT2D eigenvalue weighted by Gasteiger charge is -2.27. The molecule has 35 heavy (non-hydrogen) atoms. The van der Waals surface area contributed by atoms with E-state index in [9.17, 15) is 14.4 Å². The Kier molecular flexibility index (Phi) is 10.6. The van der Waals surface area contributed by atoms with Crippen LogP contribution in [0.5, 0.6) is 0 Å². The van der Waals surface area contributed by atoms with E-state index >= 15 is 0 Å². The van der Waals surface area contributed by atoms with Gasteiger partial charge in [-0.15, -0.1) is 0 Å². The lowest BCUT2D eigenvalue weighted by atomic mass is 10.0. The van der Waals surface area contributed by atoms with Crippen molar-refractivity contribution < 1.29 is 23.9 Å². The summed E-state index contributed by atoms with van der Waals surface area (Å²) < 4.78 is 10.6. The first-order valence-electron chi connectivity index (χ1n) is 11.8. The zero-order chi connectivity index (χ0) is 25.8. The van der Waals surface area contributed by atoms with Gasteiger partial charge in [0.2, 0.25) is 5.91 Å². The first-order chi connectivity index (χ1) is 16.5. The highest BCUT2D eigenvalue weighted by molar-refractivity contribution is 5.86. The number of benzene rings is 2. The number of rotatable bonds is 10. The fourth-order valence-corrected chi connectivity index (χ4v) is 3.21. The number of amides is 3. The van der Waals surface area contributed by atoms with Crippen molar-refractivity contribution in [1.29, 1.82) is 0 Å². The fourth-order valence-electron chi connectivity index (χ4n) is 3.21. The molecule has 2 aromatic carbocycles. The third-order valence-electron chi connectivity index (χ3n) is 5.11. The molecule has 3 amide bonds. The van der Waals surface area contributed by atoms with E-state index < -0.39 is 23.8 Å². The van der Waals surface area contributed by atoms with Crippen LogP contribution in [-0.2, 0) is 27.3 Å². The molecular weight excluding hydrogens is 446 g/mol. The maximum atomic E-state index is 13.1. The largest absolute Gasteiger partial charge is 0.445 e. The van der Waals surface area contributed by atoms with Crippen LogP contribution in [0.1, 0.15) is 45.7 Å². The van der Waals surface area contributed by atoms with Crippen molar-refractivity contribution in [2.45, 2.75) is 65.3 Å². The molecule has 0 spiro atoms. The second kappa shape index (κ2) is 13.4. The van der Waals surface area contributed by atoms with E-state index in [1.807, 2.05) is 74.5 Å². The quantitative estimate of drug-likeness (QED) is 0.470. The zero-order valence-electron chi connectivity index (χ0n) is 21.2. The van der Waals surface area contributed by atoms with Crippen molar-refractivity contribution in [2.75, 3.05) is 6.54 Å². The number of carbonyl (C=O) groups is 3. The lowest BCUT2D eigenvalue weighted by molar-refractivity contribution is -0.123. The Morgan fingerprint density at radius 3 is 1.94 bits per heavy atom. The van der Waals surface area contributed by atoms with E-state index in [1.165, 1.54) is 0 Å². The van der Waals surface area contributed by atoms with Crippen molar-refractivity contribution in [1.82, 2.24) is 16.0 Å². The predicted octanol–water partition coefficient (Wildman–Crippen LogP) is 4.19. The molecule has 2 atom stereocenters. The second-order valence-corrected chi connectivity index (χ2v) is 9.69. The van der Waals surface area contributed by atoms with Crippen LogP contribution in [0.15, 0.2) is 60.7 Å². The van der Waals surface area contributed by atoms with Gasteiger partial charge < -0.3 is 25.4 Å².